The van der Waals surface area contributed by atoms with Crippen LogP contribution in [0, 0.1) is 11.3 Å². The van der Waals surface area contributed by atoms with Crippen LogP contribution in [0.4, 0.5) is 6.01 Å². The van der Waals surface area contributed by atoms with E-state index in [9.17, 15) is 4.79 Å². The molecule has 2 heterocycles. The zero-order chi connectivity index (χ0) is 19.8. The lowest BCUT2D eigenvalue weighted by Gasteiger charge is -2.33. The third-order valence-corrected chi connectivity index (χ3v) is 5.70. The average Bonchev–Trinajstić information content (AvgIpc) is 3.64. The second-order valence-corrected chi connectivity index (χ2v) is 8.27. The predicted octanol–water partition coefficient (Wildman–Crippen LogP) is 4.38. The second kappa shape index (κ2) is 9.71. The number of carbonyl (C=O) groups is 1. The van der Waals surface area contributed by atoms with Gasteiger partial charge >= 0.3 is 6.01 Å². The molecule has 3 fully saturated rings. The van der Waals surface area contributed by atoms with Crippen molar-refractivity contribution in [1.82, 2.24) is 15.1 Å². The number of carbonyl (C=O) groups excluding carboxylic acids is 1. The number of benzene rings is 1. The van der Waals surface area contributed by atoms with E-state index in [-0.39, 0.29) is 11.9 Å². The minimum atomic E-state index is -0.321. The summed E-state index contributed by atoms with van der Waals surface area (Å²) in [6.07, 6.45) is 9.24. The lowest BCUT2D eigenvalue weighted by Crippen LogP contribution is -2.45. The van der Waals surface area contributed by atoms with Gasteiger partial charge in [-0.3, -0.25) is 4.79 Å². The van der Waals surface area contributed by atoms with Crippen LogP contribution < -0.4 is 5.32 Å². The molecule has 1 unspecified atom stereocenters. The fourth-order valence-corrected chi connectivity index (χ4v) is 3.19. The first-order chi connectivity index (χ1) is 13.6. The van der Waals surface area contributed by atoms with Crippen LogP contribution in [-0.2, 0) is 4.79 Å². The zero-order valence-corrected chi connectivity index (χ0v) is 17.0. The number of likely N-dealkylation sites (tertiary alicyclic amines) is 1. The van der Waals surface area contributed by atoms with E-state index < -0.39 is 0 Å². The van der Waals surface area contributed by atoms with Crippen molar-refractivity contribution in [2.45, 2.75) is 58.4 Å². The van der Waals surface area contributed by atoms with Crippen molar-refractivity contribution in [1.29, 1.82) is 0 Å². The molecular formula is C22H32N4O2. The molecule has 1 atom stereocenters. The van der Waals surface area contributed by atoms with Crippen LogP contribution in [-0.4, -0.2) is 40.1 Å². The highest BCUT2D eigenvalue weighted by molar-refractivity contribution is 5.83. The number of piperidine rings is 1. The van der Waals surface area contributed by atoms with Crippen LogP contribution in [0.5, 0.6) is 0 Å². The van der Waals surface area contributed by atoms with Gasteiger partial charge in [0.15, 0.2) is 0 Å². The molecule has 1 aromatic carbocycles. The van der Waals surface area contributed by atoms with Crippen LogP contribution in [0.15, 0.2) is 47.2 Å². The smallest absolute Gasteiger partial charge is 0.315 e. The molecule has 6 nitrogen and oxygen atoms in total. The number of hydrogen-bond acceptors (Lipinski definition) is 5. The van der Waals surface area contributed by atoms with Crippen molar-refractivity contribution < 1.29 is 9.21 Å². The minimum absolute atomic E-state index is 0.115. The molecule has 1 N–H and O–H groups in total. The average molecular weight is 385 g/mol. The van der Waals surface area contributed by atoms with Gasteiger partial charge in [0, 0.05) is 13.1 Å². The number of aromatic nitrogens is 2. The van der Waals surface area contributed by atoms with Crippen molar-refractivity contribution in [3.8, 4) is 0 Å². The van der Waals surface area contributed by atoms with Gasteiger partial charge in [0.1, 0.15) is 6.04 Å². The SMILES string of the molecule is CC(Nc1nnco1)C(=O)N1CCC2(CC1)CC2.CC1CC1.c1ccccc1. The van der Waals surface area contributed by atoms with Gasteiger partial charge < -0.3 is 14.6 Å². The Labute approximate surface area is 167 Å². The molecule has 0 radical (unpaired) electrons. The molecular weight excluding hydrogens is 352 g/mol. The van der Waals surface area contributed by atoms with Crippen LogP contribution >= 0.6 is 0 Å². The molecule has 1 saturated heterocycles. The van der Waals surface area contributed by atoms with E-state index >= 15 is 0 Å². The molecule has 1 spiro atoms. The van der Waals surface area contributed by atoms with Crippen molar-refractivity contribution in [3.63, 3.8) is 0 Å². The number of amides is 1. The first-order valence-corrected chi connectivity index (χ1v) is 10.4. The van der Waals surface area contributed by atoms with Gasteiger partial charge in [-0.2, -0.15) is 0 Å². The Hall–Kier alpha value is -2.37. The van der Waals surface area contributed by atoms with Crippen LogP contribution in [0.25, 0.3) is 0 Å². The highest BCUT2D eigenvalue weighted by Gasteiger charge is 2.45. The molecule has 5 rings (SSSR count). The number of nitrogens with zero attached hydrogens (tertiary/aromatic N) is 3. The molecule has 2 saturated carbocycles. The van der Waals surface area contributed by atoms with E-state index in [1.165, 1.54) is 32.1 Å². The van der Waals surface area contributed by atoms with Crippen molar-refractivity contribution in [3.05, 3.63) is 42.8 Å². The molecule has 2 aromatic rings. The Morgan fingerprint density at radius 3 is 2.04 bits per heavy atom. The highest BCUT2D eigenvalue weighted by Crippen LogP contribution is 2.53. The fraction of sp³-hybridized carbons (Fsp3) is 0.591. The van der Waals surface area contributed by atoms with Gasteiger partial charge in [0.05, 0.1) is 0 Å². The third kappa shape index (κ3) is 6.66. The second-order valence-electron chi connectivity index (χ2n) is 8.27. The van der Waals surface area contributed by atoms with E-state index in [1.54, 1.807) is 0 Å². The summed E-state index contributed by atoms with van der Waals surface area (Å²) in [4.78, 5) is 14.2. The van der Waals surface area contributed by atoms with Crippen molar-refractivity contribution in [2.75, 3.05) is 18.4 Å². The van der Waals surface area contributed by atoms with Crippen LogP contribution in [0.3, 0.4) is 0 Å². The minimum Gasteiger partial charge on any atom is -0.411 e. The number of anilines is 1. The normalized spacial score (nSPS) is 20.1. The predicted molar refractivity (Wildman–Crippen MR) is 110 cm³/mol. The summed E-state index contributed by atoms with van der Waals surface area (Å²) in [6.45, 7) is 5.87. The van der Waals surface area contributed by atoms with E-state index in [1.807, 2.05) is 48.2 Å². The largest absolute Gasteiger partial charge is 0.411 e. The molecule has 0 bridgehead atoms. The van der Waals surface area contributed by atoms with Gasteiger partial charge in [0.25, 0.3) is 0 Å². The molecule has 28 heavy (non-hydrogen) atoms. The Bertz CT molecular complexity index is 660. The van der Waals surface area contributed by atoms with E-state index in [0.29, 0.717) is 11.4 Å². The maximum Gasteiger partial charge on any atom is 0.315 e. The summed E-state index contributed by atoms with van der Waals surface area (Å²) in [5, 5.41) is 10.2. The zero-order valence-electron chi connectivity index (χ0n) is 17.0. The van der Waals surface area contributed by atoms with Gasteiger partial charge in [0.2, 0.25) is 12.3 Å². The molecule has 1 aromatic heterocycles. The first-order valence-electron chi connectivity index (χ1n) is 10.4. The fourth-order valence-electron chi connectivity index (χ4n) is 3.19. The molecule has 6 heteroatoms. The quantitative estimate of drug-likeness (QED) is 0.850. The summed E-state index contributed by atoms with van der Waals surface area (Å²) >= 11 is 0. The molecule has 1 aliphatic heterocycles. The lowest BCUT2D eigenvalue weighted by atomic mass is 9.93. The van der Waals surface area contributed by atoms with Crippen LogP contribution in [0.2, 0.25) is 0 Å². The number of rotatable bonds is 3. The van der Waals surface area contributed by atoms with Crippen molar-refractivity contribution in [2.24, 2.45) is 11.3 Å². The molecule has 2 aliphatic carbocycles. The summed E-state index contributed by atoms with van der Waals surface area (Å²) in [7, 11) is 0. The Balaban J connectivity index is 0.000000183. The first kappa shape index (κ1) is 20.4. The van der Waals surface area contributed by atoms with Gasteiger partial charge in [-0.1, -0.05) is 61.3 Å². The summed E-state index contributed by atoms with van der Waals surface area (Å²) in [5.74, 6) is 1.20. The van der Waals surface area contributed by atoms with Crippen LogP contribution in [0.1, 0.15) is 52.4 Å². The monoisotopic (exact) mass is 384 g/mol. The lowest BCUT2D eigenvalue weighted by molar-refractivity contribution is -0.133. The van der Waals surface area contributed by atoms with E-state index in [2.05, 4.69) is 22.4 Å². The van der Waals surface area contributed by atoms with E-state index in [4.69, 9.17) is 4.42 Å². The van der Waals surface area contributed by atoms with Gasteiger partial charge in [-0.15, -0.1) is 5.10 Å². The maximum absolute atomic E-state index is 12.2. The topological polar surface area (TPSA) is 71.3 Å². The van der Waals surface area contributed by atoms with E-state index in [0.717, 1.165) is 31.8 Å². The Morgan fingerprint density at radius 2 is 1.64 bits per heavy atom. The summed E-state index contributed by atoms with van der Waals surface area (Å²) in [5.41, 5.74) is 0.597. The molecule has 1 amide bonds. The number of hydrogen-bond donors (Lipinski definition) is 1. The Kier molecular flexibility index (Phi) is 7.06. The maximum atomic E-state index is 12.2. The molecule has 3 aliphatic rings. The van der Waals surface area contributed by atoms with Gasteiger partial charge in [-0.25, -0.2) is 0 Å². The summed E-state index contributed by atoms with van der Waals surface area (Å²) < 4.78 is 4.98. The third-order valence-electron chi connectivity index (χ3n) is 5.70. The summed E-state index contributed by atoms with van der Waals surface area (Å²) in [6, 6.07) is 12.0. The number of nitrogens with one attached hydrogen (secondary N) is 1. The van der Waals surface area contributed by atoms with Gasteiger partial charge in [-0.05, 0) is 43.9 Å². The highest BCUT2D eigenvalue weighted by atomic mass is 16.4. The Morgan fingerprint density at radius 1 is 1.11 bits per heavy atom. The van der Waals surface area contributed by atoms with Crippen molar-refractivity contribution >= 4 is 11.9 Å². The molecule has 152 valence electrons. The standard InChI is InChI=1S/C12H18N4O2.C6H6.C4H8/c1-9(14-11-15-13-8-18-11)10(17)16-6-4-12(2-3-12)5-7-16;1-2-4-6-5-3-1;1-4-2-3-4/h8-9H,2-7H2,1H3,(H,14,15);1-6H;4H,2-3H2,1H3.